The summed E-state index contributed by atoms with van der Waals surface area (Å²) in [4.78, 5) is 16.5. The smallest absolute Gasteiger partial charge is 0.246 e. The first-order valence-electron chi connectivity index (χ1n) is 7.85. The lowest BCUT2D eigenvalue weighted by molar-refractivity contribution is -0.126. The van der Waals surface area contributed by atoms with Crippen LogP contribution in [0.3, 0.4) is 0 Å². The molecule has 3 rings (SSSR count). The van der Waals surface area contributed by atoms with Crippen molar-refractivity contribution in [3.63, 3.8) is 0 Å². The normalized spacial score (nSPS) is 15.1. The van der Waals surface area contributed by atoms with Gasteiger partial charge in [0.2, 0.25) is 5.91 Å². The van der Waals surface area contributed by atoms with E-state index in [4.69, 9.17) is 23.2 Å². The highest BCUT2D eigenvalue weighted by Gasteiger charge is 2.19. The lowest BCUT2D eigenvalue weighted by Gasteiger charge is -2.35. The van der Waals surface area contributed by atoms with Gasteiger partial charge in [0.25, 0.3) is 0 Å². The van der Waals surface area contributed by atoms with Crippen LogP contribution in [0.5, 0.6) is 0 Å². The lowest BCUT2D eigenvalue weighted by Crippen LogP contribution is -2.48. The number of hydrogen-bond acceptors (Lipinski definition) is 2. The molecule has 3 nitrogen and oxygen atoms in total. The Kier molecular flexibility index (Phi) is 5.44. The Morgan fingerprint density at radius 2 is 1.58 bits per heavy atom. The van der Waals surface area contributed by atoms with Crippen molar-refractivity contribution in [1.29, 1.82) is 0 Å². The van der Waals surface area contributed by atoms with Gasteiger partial charge < -0.3 is 9.80 Å². The summed E-state index contributed by atoms with van der Waals surface area (Å²) in [6.07, 6.45) is 3.37. The number of amides is 1. The number of halogens is 2. The summed E-state index contributed by atoms with van der Waals surface area (Å²) in [6.45, 7) is 3.03. The van der Waals surface area contributed by atoms with Gasteiger partial charge in [0, 0.05) is 48.0 Å². The standard InChI is InChI=1S/C19H18Cl2N2O/c20-16-6-8-17(9-7-16)22-11-13-23(14-12-22)19(24)10-5-15-3-1-2-4-18(15)21/h1-10H,11-14H2. The summed E-state index contributed by atoms with van der Waals surface area (Å²) in [5.74, 6) is 0.0191. The molecule has 0 unspecified atom stereocenters. The molecule has 0 bridgehead atoms. The highest BCUT2D eigenvalue weighted by Crippen LogP contribution is 2.20. The molecule has 1 aliphatic heterocycles. The molecular formula is C19H18Cl2N2O. The molecule has 0 saturated carbocycles. The molecular weight excluding hydrogens is 343 g/mol. The van der Waals surface area contributed by atoms with Crippen molar-refractivity contribution >= 4 is 40.9 Å². The molecule has 0 radical (unpaired) electrons. The maximum atomic E-state index is 12.3. The number of nitrogens with zero attached hydrogens (tertiary/aromatic N) is 2. The van der Waals surface area contributed by atoms with Crippen molar-refractivity contribution in [1.82, 2.24) is 4.90 Å². The zero-order chi connectivity index (χ0) is 16.9. The van der Waals surface area contributed by atoms with Crippen molar-refractivity contribution in [3.05, 3.63) is 70.2 Å². The summed E-state index contributed by atoms with van der Waals surface area (Å²) >= 11 is 12.0. The van der Waals surface area contributed by atoms with Gasteiger partial charge in [-0.2, -0.15) is 0 Å². The van der Waals surface area contributed by atoms with Crippen molar-refractivity contribution < 1.29 is 4.79 Å². The summed E-state index contributed by atoms with van der Waals surface area (Å²) < 4.78 is 0. The third kappa shape index (κ3) is 4.11. The van der Waals surface area contributed by atoms with Gasteiger partial charge in [0.1, 0.15) is 0 Å². The summed E-state index contributed by atoms with van der Waals surface area (Å²) in [5, 5.41) is 1.38. The van der Waals surface area contributed by atoms with E-state index in [1.165, 1.54) is 0 Å². The molecule has 1 heterocycles. The number of rotatable bonds is 3. The van der Waals surface area contributed by atoms with E-state index >= 15 is 0 Å². The molecule has 5 heteroatoms. The fourth-order valence-electron chi connectivity index (χ4n) is 2.71. The molecule has 0 atom stereocenters. The van der Waals surface area contributed by atoms with Crippen molar-refractivity contribution in [2.24, 2.45) is 0 Å². The first-order valence-corrected chi connectivity index (χ1v) is 8.61. The van der Waals surface area contributed by atoms with Crippen LogP contribution in [0, 0.1) is 0 Å². The predicted octanol–water partition coefficient (Wildman–Crippen LogP) is 4.36. The fraction of sp³-hybridized carbons (Fsp3) is 0.211. The second kappa shape index (κ2) is 7.73. The first-order chi connectivity index (χ1) is 11.6. The third-order valence-corrected chi connectivity index (χ3v) is 4.69. The molecule has 1 amide bonds. The average molecular weight is 361 g/mol. The van der Waals surface area contributed by atoms with Crippen LogP contribution in [-0.2, 0) is 4.79 Å². The Labute approximate surface area is 152 Å². The molecule has 1 aliphatic rings. The molecule has 0 spiro atoms. The van der Waals surface area contributed by atoms with Gasteiger partial charge in [0.05, 0.1) is 0 Å². The zero-order valence-corrected chi connectivity index (χ0v) is 14.7. The fourth-order valence-corrected chi connectivity index (χ4v) is 3.04. The molecule has 2 aromatic rings. The maximum Gasteiger partial charge on any atom is 0.246 e. The van der Waals surface area contributed by atoms with E-state index in [1.54, 1.807) is 12.2 Å². The Balaban J connectivity index is 1.57. The Bertz CT molecular complexity index is 735. The highest BCUT2D eigenvalue weighted by atomic mass is 35.5. The lowest BCUT2D eigenvalue weighted by atomic mass is 10.2. The van der Waals surface area contributed by atoms with E-state index in [9.17, 15) is 4.79 Å². The molecule has 0 N–H and O–H groups in total. The highest BCUT2D eigenvalue weighted by molar-refractivity contribution is 6.32. The number of hydrogen-bond donors (Lipinski definition) is 0. The number of carbonyl (C=O) groups excluding carboxylic acids is 1. The molecule has 124 valence electrons. The third-order valence-electron chi connectivity index (χ3n) is 4.09. The molecule has 1 saturated heterocycles. The van der Waals surface area contributed by atoms with Crippen LogP contribution in [0.2, 0.25) is 10.0 Å². The average Bonchev–Trinajstić information content (AvgIpc) is 2.62. The minimum atomic E-state index is 0.0191. The van der Waals surface area contributed by atoms with Crippen LogP contribution < -0.4 is 4.90 Å². The minimum Gasteiger partial charge on any atom is -0.368 e. The van der Waals surface area contributed by atoms with Gasteiger partial charge in [-0.3, -0.25) is 4.79 Å². The van der Waals surface area contributed by atoms with Crippen LogP contribution >= 0.6 is 23.2 Å². The van der Waals surface area contributed by atoms with Gasteiger partial charge in [-0.05, 0) is 42.0 Å². The van der Waals surface area contributed by atoms with Crippen molar-refractivity contribution in [2.75, 3.05) is 31.1 Å². The monoisotopic (exact) mass is 360 g/mol. The molecule has 0 aromatic heterocycles. The zero-order valence-electron chi connectivity index (χ0n) is 13.2. The van der Waals surface area contributed by atoms with Crippen LogP contribution in [0.25, 0.3) is 6.08 Å². The van der Waals surface area contributed by atoms with E-state index in [0.717, 1.165) is 29.4 Å². The Hall–Kier alpha value is -1.97. The van der Waals surface area contributed by atoms with Gasteiger partial charge in [-0.15, -0.1) is 0 Å². The van der Waals surface area contributed by atoms with Crippen LogP contribution in [-0.4, -0.2) is 37.0 Å². The molecule has 24 heavy (non-hydrogen) atoms. The number of benzene rings is 2. The van der Waals surface area contributed by atoms with E-state index in [-0.39, 0.29) is 5.91 Å². The van der Waals surface area contributed by atoms with Crippen molar-refractivity contribution in [2.45, 2.75) is 0 Å². The quantitative estimate of drug-likeness (QED) is 0.759. The Morgan fingerprint density at radius 3 is 2.25 bits per heavy atom. The molecule has 0 aliphatic carbocycles. The van der Waals surface area contributed by atoms with Gasteiger partial charge in [0.15, 0.2) is 0 Å². The second-order valence-electron chi connectivity index (χ2n) is 5.64. The largest absolute Gasteiger partial charge is 0.368 e. The second-order valence-corrected chi connectivity index (χ2v) is 6.49. The van der Waals surface area contributed by atoms with Gasteiger partial charge in [-0.1, -0.05) is 41.4 Å². The van der Waals surface area contributed by atoms with E-state index in [0.29, 0.717) is 18.1 Å². The SMILES string of the molecule is O=C(C=Cc1ccccc1Cl)N1CCN(c2ccc(Cl)cc2)CC1. The number of anilines is 1. The van der Waals surface area contributed by atoms with Gasteiger partial charge >= 0.3 is 0 Å². The number of carbonyl (C=O) groups is 1. The topological polar surface area (TPSA) is 23.6 Å². The predicted molar refractivity (Wildman–Crippen MR) is 101 cm³/mol. The van der Waals surface area contributed by atoms with E-state index in [1.807, 2.05) is 53.4 Å². The maximum absolute atomic E-state index is 12.3. The minimum absolute atomic E-state index is 0.0191. The van der Waals surface area contributed by atoms with Crippen molar-refractivity contribution in [3.8, 4) is 0 Å². The van der Waals surface area contributed by atoms with Gasteiger partial charge in [-0.25, -0.2) is 0 Å². The summed E-state index contributed by atoms with van der Waals surface area (Å²) in [7, 11) is 0. The Morgan fingerprint density at radius 1 is 0.917 bits per heavy atom. The molecule has 2 aromatic carbocycles. The first kappa shape index (κ1) is 16.9. The summed E-state index contributed by atoms with van der Waals surface area (Å²) in [5.41, 5.74) is 1.99. The van der Waals surface area contributed by atoms with Crippen LogP contribution in [0.15, 0.2) is 54.6 Å². The molecule has 1 fully saturated rings. The van der Waals surface area contributed by atoms with E-state index < -0.39 is 0 Å². The van der Waals surface area contributed by atoms with Crippen LogP contribution in [0.1, 0.15) is 5.56 Å². The van der Waals surface area contributed by atoms with E-state index in [2.05, 4.69) is 4.90 Å². The van der Waals surface area contributed by atoms with Crippen LogP contribution in [0.4, 0.5) is 5.69 Å². The summed E-state index contributed by atoms with van der Waals surface area (Å²) in [6, 6.07) is 15.3. The number of piperazine rings is 1.